The number of ether oxygens (including phenoxy) is 1. The molecule has 1 amide bonds. The van der Waals surface area contributed by atoms with E-state index in [0.29, 0.717) is 6.54 Å². The zero-order valence-electron chi connectivity index (χ0n) is 16.2. The Balaban J connectivity index is 2.01. The Kier molecular flexibility index (Phi) is 6.23. The summed E-state index contributed by atoms with van der Waals surface area (Å²) in [6.07, 6.45) is 0. The molecular formula is C21H28N3O2+. The van der Waals surface area contributed by atoms with Crippen LogP contribution in [0.5, 0.6) is 5.75 Å². The maximum atomic E-state index is 12.3. The van der Waals surface area contributed by atoms with E-state index in [9.17, 15) is 10.1 Å². The lowest BCUT2D eigenvalue weighted by Gasteiger charge is -2.27. The van der Waals surface area contributed by atoms with Crippen LogP contribution in [0.15, 0.2) is 36.4 Å². The van der Waals surface area contributed by atoms with Gasteiger partial charge in [0, 0.05) is 5.56 Å². The average Bonchev–Trinajstić information content (AvgIpc) is 2.60. The number of benzene rings is 2. The van der Waals surface area contributed by atoms with Crippen molar-refractivity contribution in [2.24, 2.45) is 5.92 Å². The van der Waals surface area contributed by atoms with Gasteiger partial charge in [-0.15, -0.1) is 0 Å². The van der Waals surface area contributed by atoms with E-state index in [2.05, 4.69) is 29.6 Å². The Morgan fingerprint density at radius 3 is 2.54 bits per heavy atom. The first-order chi connectivity index (χ1) is 12.3. The maximum Gasteiger partial charge on any atom is 0.276 e. The summed E-state index contributed by atoms with van der Waals surface area (Å²) in [5.41, 5.74) is 0.333. The fourth-order valence-electron chi connectivity index (χ4n) is 2.83. The van der Waals surface area contributed by atoms with Crippen LogP contribution in [0.2, 0.25) is 0 Å². The van der Waals surface area contributed by atoms with Crippen molar-refractivity contribution >= 4 is 16.7 Å². The maximum absolute atomic E-state index is 12.3. The molecule has 5 heteroatoms. The zero-order valence-corrected chi connectivity index (χ0v) is 16.2. The molecule has 0 aliphatic rings. The number of carbonyl (C=O) groups excluding carboxylic acids is 1. The number of nitrogens with zero attached hydrogens (tertiary/aromatic N) is 1. The molecule has 0 radical (unpaired) electrons. The van der Waals surface area contributed by atoms with Crippen LogP contribution < -0.4 is 15.0 Å². The van der Waals surface area contributed by atoms with Crippen LogP contribution in [0.4, 0.5) is 0 Å². The van der Waals surface area contributed by atoms with Crippen LogP contribution >= 0.6 is 0 Å². The molecule has 2 atom stereocenters. The van der Waals surface area contributed by atoms with Crippen molar-refractivity contribution in [2.45, 2.75) is 32.9 Å². The zero-order chi connectivity index (χ0) is 19.3. The lowest BCUT2D eigenvalue weighted by molar-refractivity contribution is -0.885. The number of fused-ring (bicyclic) bond motifs is 1. The number of hydrogen-bond acceptors (Lipinski definition) is 3. The van der Waals surface area contributed by atoms with Crippen molar-refractivity contribution < 1.29 is 14.4 Å². The first-order valence-corrected chi connectivity index (χ1v) is 8.87. The topological polar surface area (TPSA) is 66.6 Å². The molecule has 5 nitrogen and oxygen atoms in total. The van der Waals surface area contributed by atoms with Gasteiger partial charge >= 0.3 is 0 Å². The Hall–Kier alpha value is -2.58. The molecule has 0 fully saturated rings. The minimum Gasteiger partial charge on any atom is -0.497 e. The molecule has 2 aromatic rings. The summed E-state index contributed by atoms with van der Waals surface area (Å²) in [6.45, 7) is 6.70. The van der Waals surface area contributed by atoms with Crippen molar-refractivity contribution in [2.75, 3.05) is 20.7 Å². The second kappa shape index (κ2) is 8.20. The van der Waals surface area contributed by atoms with Gasteiger partial charge in [-0.25, -0.2) is 0 Å². The lowest BCUT2D eigenvalue weighted by Crippen LogP contribution is -3.09. The molecule has 0 bridgehead atoms. The van der Waals surface area contributed by atoms with E-state index in [1.54, 1.807) is 14.0 Å². The van der Waals surface area contributed by atoms with Gasteiger partial charge in [-0.2, -0.15) is 5.26 Å². The third-order valence-corrected chi connectivity index (χ3v) is 4.87. The predicted octanol–water partition coefficient (Wildman–Crippen LogP) is 1.92. The highest BCUT2D eigenvalue weighted by Gasteiger charge is 2.30. The van der Waals surface area contributed by atoms with Gasteiger partial charge in [-0.1, -0.05) is 32.0 Å². The second-order valence-corrected chi connectivity index (χ2v) is 7.38. The largest absolute Gasteiger partial charge is 0.497 e. The Morgan fingerprint density at radius 2 is 1.92 bits per heavy atom. The van der Waals surface area contributed by atoms with E-state index in [-0.39, 0.29) is 11.8 Å². The van der Waals surface area contributed by atoms with Gasteiger partial charge in [0.2, 0.25) is 0 Å². The van der Waals surface area contributed by atoms with E-state index in [1.807, 2.05) is 39.1 Å². The highest BCUT2D eigenvalue weighted by Crippen LogP contribution is 2.21. The number of likely N-dealkylation sites (N-methyl/N-ethyl adjacent to an activating group) is 1. The molecule has 1 unspecified atom stereocenters. The number of quaternary nitrogens is 1. The fraction of sp³-hybridized carbons (Fsp3) is 0.429. The van der Waals surface area contributed by atoms with Gasteiger partial charge in [0.1, 0.15) is 17.8 Å². The Labute approximate surface area is 155 Å². The third-order valence-electron chi connectivity index (χ3n) is 4.87. The smallest absolute Gasteiger partial charge is 0.276 e. The minimum absolute atomic E-state index is 0.0502. The van der Waals surface area contributed by atoms with Gasteiger partial charge in [0.15, 0.2) is 6.54 Å². The van der Waals surface area contributed by atoms with E-state index >= 15 is 0 Å². The van der Waals surface area contributed by atoms with Crippen molar-refractivity contribution in [3.8, 4) is 11.8 Å². The quantitative estimate of drug-likeness (QED) is 0.798. The monoisotopic (exact) mass is 354 g/mol. The molecule has 0 saturated carbocycles. The van der Waals surface area contributed by atoms with Crippen LogP contribution in [0, 0.1) is 17.2 Å². The Bertz CT molecular complexity index is 826. The van der Waals surface area contributed by atoms with Gasteiger partial charge in [-0.05, 0) is 41.8 Å². The van der Waals surface area contributed by atoms with Crippen LogP contribution in [-0.4, -0.2) is 32.1 Å². The van der Waals surface area contributed by atoms with Crippen LogP contribution in [0.25, 0.3) is 10.8 Å². The summed E-state index contributed by atoms with van der Waals surface area (Å²) in [5, 5.41) is 14.5. The number of hydrogen-bond donors (Lipinski definition) is 2. The molecular weight excluding hydrogens is 326 g/mol. The van der Waals surface area contributed by atoms with E-state index < -0.39 is 5.54 Å². The van der Waals surface area contributed by atoms with Crippen molar-refractivity contribution in [3.63, 3.8) is 0 Å². The van der Waals surface area contributed by atoms with Crippen LogP contribution in [0.1, 0.15) is 26.3 Å². The molecule has 0 aliphatic heterocycles. The molecule has 0 spiro atoms. The highest BCUT2D eigenvalue weighted by atomic mass is 16.5. The van der Waals surface area contributed by atoms with Crippen molar-refractivity contribution in [1.82, 2.24) is 5.32 Å². The lowest BCUT2D eigenvalue weighted by atomic mass is 9.90. The summed E-state index contributed by atoms with van der Waals surface area (Å²) in [6, 6.07) is 14.5. The second-order valence-electron chi connectivity index (χ2n) is 7.38. The van der Waals surface area contributed by atoms with E-state index in [1.165, 1.54) is 5.56 Å². The molecule has 0 saturated heterocycles. The van der Waals surface area contributed by atoms with Gasteiger partial charge in [0.25, 0.3) is 5.91 Å². The summed E-state index contributed by atoms with van der Waals surface area (Å²) in [7, 11) is 3.65. The van der Waals surface area contributed by atoms with Crippen molar-refractivity contribution in [1.29, 1.82) is 5.26 Å². The minimum atomic E-state index is -0.834. The molecule has 0 aromatic heterocycles. The van der Waals surface area contributed by atoms with E-state index in [0.717, 1.165) is 28.0 Å². The average molecular weight is 354 g/mol. The van der Waals surface area contributed by atoms with Gasteiger partial charge in [0.05, 0.1) is 20.2 Å². The molecule has 2 N–H and O–H groups in total. The Morgan fingerprint density at radius 1 is 1.27 bits per heavy atom. The third kappa shape index (κ3) is 4.74. The fourth-order valence-corrected chi connectivity index (χ4v) is 2.83. The van der Waals surface area contributed by atoms with Crippen LogP contribution in [0.3, 0.4) is 0 Å². The number of amides is 1. The molecule has 0 aliphatic carbocycles. The standard InChI is InChI=1S/C21H27N3O2/c1-15(2)21(3,14-22)23-20(25)13-24(4)12-16-6-7-18-11-19(26-5)9-8-17(18)10-16/h6-11,15H,12-13H2,1-5H3,(H,23,25)/p+1/t21-/m1/s1. The summed E-state index contributed by atoms with van der Waals surface area (Å²) < 4.78 is 5.26. The highest BCUT2D eigenvalue weighted by molar-refractivity contribution is 5.84. The molecule has 0 heterocycles. The van der Waals surface area contributed by atoms with Crippen LogP contribution in [-0.2, 0) is 11.3 Å². The molecule has 26 heavy (non-hydrogen) atoms. The SMILES string of the molecule is COc1ccc2cc(C[NH+](C)CC(=O)N[C@](C)(C#N)C(C)C)ccc2c1. The van der Waals surface area contributed by atoms with Gasteiger partial charge in [-0.3, -0.25) is 4.79 Å². The number of nitriles is 1. The summed E-state index contributed by atoms with van der Waals surface area (Å²) in [4.78, 5) is 13.4. The van der Waals surface area contributed by atoms with E-state index in [4.69, 9.17) is 4.74 Å². The van der Waals surface area contributed by atoms with Gasteiger partial charge < -0.3 is 15.0 Å². The normalized spacial score (nSPS) is 14.5. The molecule has 2 rings (SSSR count). The molecule has 138 valence electrons. The molecule has 2 aromatic carbocycles. The first-order valence-electron chi connectivity index (χ1n) is 8.87. The number of nitrogens with one attached hydrogen (secondary N) is 2. The number of rotatable bonds is 7. The predicted molar refractivity (Wildman–Crippen MR) is 103 cm³/mol. The number of methoxy groups -OCH3 is 1. The number of carbonyl (C=O) groups is 1. The van der Waals surface area contributed by atoms with Crippen molar-refractivity contribution in [3.05, 3.63) is 42.0 Å². The summed E-state index contributed by atoms with van der Waals surface area (Å²) in [5.74, 6) is 0.787. The first kappa shape index (κ1) is 19.7. The summed E-state index contributed by atoms with van der Waals surface area (Å²) >= 11 is 0.